The summed E-state index contributed by atoms with van der Waals surface area (Å²) in [6.45, 7) is -0.0675. The first kappa shape index (κ1) is 15.3. The third-order valence-electron chi connectivity index (χ3n) is 3.42. The molecule has 0 aromatic heterocycles. The minimum Gasteiger partial charge on any atom is -0.393 e. The Hall–Kier alpha value is -1.12. The van der Waals surface area contributed by atoms with Crippen molar-refractivity contribution < 1.29 is 26.7 Å². The number of sulfonamides is 1. The second-order valence-electron chi connectivity index (χ2n) is 4.81. The minimum atomic E-state index is -4.28. The molecule has 0 saturated heterocycles. The molecule has 1 aromatic rings. The van der Waals surface area contributed by atoms with Crippen molar-refractivity contribution >= 4 is 10.0 Å². The van der Waals surface area contributed by atoms with E-state index in [1.807, 2.05) is 0 Å². The number of aliphatic hydroxyl groups is 1. The van der Waals surface area contributed by atoms with Gasteiger partial charge >= 0.3 is 0 Å². The lowest BCUT2D eigenvalue weighted by Gasteiger charge is -2.15. The quantitative estimate of drug-likeness (QED) is 0.829. The van der Waals surface area contributed by atoms with Gasteiger partial charge in [-0.05, 0) is 24.8 Å². The van der Waals surface area contributed by atoms with E-state index in [9.17, 15) is 26.7 Å². The zero-order chi connectivity index (χ0) is 14.9. The molecule has 112 valence electrons. The standard InChI is InChI=1S/C12H14F3NO3S/c13-8-4-10(15)12(5-9(8)14)20(18,19)16-6-7-2-1-3-11(7)17/h4-5,7,11,16-17H,1-3,6H2. The molecule has 0 spiro atoms. The van der Waals surface area contributed by atoms with Gasteiger partial charge in [0.15, 0.2) is 11.6 Å². The Kier molecular flexibility index (Phi) is 4.36. The SMILES string of the molecule is O=S(=O)(NCC1CCCC1O)c1cc(F)c(F)cc1F. The van der Waals surface area contributed by atoms with Gasteiger partial charge in [0.1, 0.15) is 10.7 Å². The van der Waals surface area contributed by atoms with Gasteiger partial charge in [0.25, 0.3) is 0 Å². The molecule has 0 amide bonds. The van der Waals surface area contributed by atoms with Crippen molar-refractivity contribution in [3.05, 3.63) is 29.6 Å². The molecule has 8 heteroatoms. The van der Waals surface area contributed by atoms with Crippen LogP contribution in [-0.2, 0) is 10.0 Å². The summed E-state index contributed by atoms with van der Waals surface area (Å²) >= 11 is 0. The molecule has 1 aliphatic carbocycles. The highest BCUT2D eigenvalue weighted by atomic mass is 32.2. The molecule has 0 radical (unpaired) electrons. The summed E-state index contributed by atoms with van der Waals surface area (Å²) in [7, 11) is -4.28. The van der Waals surface area contributed by atoms with Crippen LogP contribution in [0.3, 0.4) is 0 Å². The Balaban J connectivity index is 2.16. The molecular weight excluding hydrogens is 295 g/mol. The summed E-state index contributed by atoms with van der Waals surface area (Å²) in [5, 5.41) is 9.57. The summed E-state index contributed by atoms with van der Waals surface area (Å²) in [6.07, 6.45) is 1.43. The smallest absolute Gasteiger partial charge is 0.243 e. The van der Waals surface area contributed by atoms with E-state index in [-0.39, 0.29) is 18.5 Å². The van der Waals surface area contributed by atoms with Gasteiger partial charge in [0.05, 0.1) is 6.10 Å². The molecule has 4 nitrogen and oxygen atoms in total. The van der Waals surface area contributed by atoms with Crippen molar-refractivity contribution in [1.29, 1.82) is 0 Å². The molecule has 2 rings (SSSR count). The predicted molar refractivity (Wildman–Crippen MR) is 64.9 cm³/mol. The van der Waals surface area contributed by atoms with E-state index in [2.05, 4.69) is 4.72 Å². The predicted octanol–water partition coefficient (Wildman–Crippen LogP) is 1.54. The number of benzene rings is 1. The maximum Gasteiger partial charge on any atom is 0.243 e. The summed E-state index contributed by atoms with van der Waals surface area (Å²) in [4.78, 5) is -0.941. The minimum absolute atomic E-state index is 0.0675. The van der Waals surface area contributed by atoms with Gasteiger partial charge in [0.2, 0.25) is 10.0 Å². The van der Waals surface area contributed by atoms with Crippen LogP contribution >= 0.6 is 0 Å². The lowest BCUT2D eigenvalue weighted by molar-refractivity contribution is 0.134. The Bertz CT molecular complexity index is 606. The van der Waals surface area contributed by atoms with Crippen molar-refractivity contribution in [1.82, 2.24) is 4.72 Å². The second kappa shape index (κ2) is 5.71. The molecule has 2 atom stereocenters. The van der Waals surface area contributed by atoms with Gasteiger partial charge in [0, 0.05) is 12.6 Å². The Morgan fingerprint density at radius 1 is 1.15 bits per heavy atom. The number of nitrogens with one attached hydrogen (secondary N) is 1. The molecule has 1 aromatic carbocycles. The van der Waals surface area contributed by atoms with Gasteiger partial charge in [-0.15, -0.1) is 0 Å². The lowest BCUT2D eigenvalue weighted by Crippen LogP contribution is -2.33. The van der Waals surface area contributed by atoms with E-state index in [1.54, 1.807) is 0 Å². The number of aliphatic hydroxyl groups excluding tert-OH is 1. The highest BCUT2D eigenvalue weighted by molar-refractivity contribution is 7.89. The zero-order valence-electron chi connectivity index (χ0n) is 10.4. The normalized spacial score (nSPS) is 23.2. The summed E-state index contributed by atoms with van der Waals surface area (Å²) < 4.78 is 65.0. The average molecular weight is 309 g/mol. The Labute approximate surface area is 114 Å². The first-order valence-corrected chi connectivity index (χ1v) is 7.62. The monoisotopic (exact) mass is 309 g/mol. The van der Waals surface area contributed by atoms with E-state index >= 15 is 0 Å². The Morgan fingerprint density at radius 2 is 1.80 bits per heavy atom. The average Bonchev–Trinajstić information content (AvgIpc) is 2.77. The molecule has 20 heavy (non-hydrogen) atoms. The number of rotatable bonds is 4. The van der Waals surface area contributed by atoms with Crippen molar-refractivity contribution in [2.45, 2.75) is 30.3 Å². The Morgan fingerprint density at radius 3 is 2.40 bits per heavy atom. The second-order valence-corrected chi connectivity index (χ2v) is 6.54. The zero-order valence-corrected chi connectivity index (χ0v) is 11.3. The first-order valence-electron chi connectivity index (χ1n) is 6.13. The first-order chi connectivity index (χ1) is 9.31. The van der Waals surface area contributed by atoms with Gasteiger partial charge < -0.3 is 5.11 Å². The summed E-state index contributed by atoms with van der Waals surface area (Å²) in [5.41, 5.74) is 0. The maximum absolute atomic E-state index is 13.4. The summed E-state index contributed by atoms with van der Waals surface area (Å²) in [6, 6.07) is 0.492. The van der Waals surface area contributed by atoms with Gasteiger partial charge in [-0.3, -0.25) is 0 Å². The molecule has 1 aliphatic rings. The highest BCUT2D eigenvalue weighted by Crippen LogP contribution is 2.25. The van der Waals surface area contributed by atoms with Crippen molar-refractivity contribution in [2.24, 2.45) is 5.92 Å². The molecular formula is C12H14F3NO3S. The van der Waals surface area contributed by atoms with Crippen molar-refractivity contribution in [2.75, 3.05) is 6.54 Å². The van der Waals surface area contributed by atoms with Crippen LogP contribution in [0.15, 0.2) is 17.0 Å². The van der Waals surface area contributed by atoms with Crippen molar-refractivity contribution in [3.8, 4) is 0 Å². The van der Waals surface area contributed by atoms with Gasteiger partial charge in [-0.25, -0.2) is 26.3 Å². The third-order valence-corrected chi connectivity index (χ3v) is 4.86. The molecule has 0 bridgehead atoms. The van der Waals surface area contributed by atoms with Crippen LogP contribution in [0.5, 0.6) is 0 Å². The van der Waals surface area contributed by atoms with Crippen LogP contribution in [0.1, 0.15) is 19.3 Å². The maximum atomic E-state index is 13.4. The van der Waals surface area contributed by atoms with Crippen LogP contribution in [0.2, 0.25) is 0 Å². The van der Waals surface area contributed by atoms with Gasteiger partial charge in [-0.2, -0.15) is 0 Å². The third kappa shape index (κ3) is 3.13. The van der Waals surface area contributed by atoms with Crippen molar-refractivity contribution in [3.63, 3.8) is 0 Å². The van der Waals surface area contributed by atoms with Gasteiger partial charge in [-0.1, -0.05) is 6.42 Å². The van der Waals surface area contributed by atoms with Crippen LogP contribution in [-0.4, -0.2) is 26.2 Å². The van der Waals surface area contributed by atoms with Crippen LogP contribution < -0.4 is 4.72 Å². The van der Waals surface area contributed by atoms with E-state index in [0.717, 1.165) is 6.42 Å². The molecule has 2 N–H and O–H groups in total. The fraction of sp³-hybridized carbons (Fsp3) is 0.500. The lowest BCUT2D eigenvalue weighted by atomic mass is 10.1. The van der Waals surface area contributed by atoms with E-state index in [4.69, 9.17) is 0 Å². The largest absolute Gasteiger partial charge is 0.393 e. The molecule has 1 fully saturated rings. The molecule has 0 aliphatic heterocycles. The topological polar surface area (TPSA) is 66.4 Å². The molecule has 0 heterocycles. The summed E-state index contributed by atoms with van der Waals surface area (Å²) in [5.74, 6) is -4.50. The molecule has 2 unspecified atom stereocenters. The number of halogens is 3. The fourth-order valence-corrected chi connectivity index (χ4v) is 3.42. The van der Waals surface area contributed by atoms with E-state index < -0.39 is 38.5 Å². The van der Waals surface area contributed by atoms with E-state index in [1.165, 1.54) is 0 Å². The van der Waals surface area contributed by atoms with Crippen LogP contribution in [0.4, 0.5) is 13.2 Å². The highest BCUT2D eigenvalue weighted by Gasteiger charge is 2.28. The van der Waals surface area contributed by atoms with Crippen LogP contribution in [0.25, 0.3) is 0 Å². The number of hydrogen-bond acceptors (Lipinski definition) is 3. The van der Waals surface area contributed by atoms with Crippen LogP contribution in [0, 0.1) is 23.4 Å². The molecule has 1 saturated carbocycles. The fourth-order valence-electron chi connectivity index (χ4n) is 2.26. The van der Waals surface area contributed by atoms with E-state index in [0.29, 0.717) is 18.9 Å². The number of hydrogen-bond donors (Lipinski definition) is 2.